The summed E-state index contributed by atoms with van der Waals surface area (Å²) in [5.41, 5.74) is 0. The number of rotatable bonds is 0. The van der Waals surface area contributed by atoms with Crippen molar-refractivity contribution in [2.24, 2.45) is 0 Å². The van der Waals surface area contributed by atoms with Crippen LogP contribution in [0.2, 0.25) is 0 Å². The van der Waals surface area contributed by atoms with E-state index in [-0.39, 0.29) is 29.4 Å². The van der Waals surface area contributed by atoms with Gasteiger partial charge in [-0.2, -0.15) is 9.90 Å². The van der Waals surface area contributed by atoms with E-state index in [1.807, 2.05) is 0 Å². The summed E-state index contributed by atoms with van der Waals surface area (Å²) in [5, 5.41) is 0. The van der Waals surface area contributed by atoms with Gasteiger partial charge in [0.2, 0.25) is 0 Å². The standard InChI is InChI=1S/Cr.2H2O.2O.H3P.Zn/h;2*1H2;;;1H3;/q+2;;;;;;/p-2. The van der Waals surface area contributed by atoms with Gasteiger partial charge in [-0.3, -0.25) is 0 Å². The Bertz CT molecular complexity index is 94.9. The summed E-state index contributed by atoms with van der Waals surface area (Å²) in [6, 6.07) is 0. The van der Waals surface area contributed by atoms with E-state index in [9.17, 15) is 0 Å². The van der Waals surface area contributed by atoms with Gasteiger partial charge in [-0.05, 0) is 0 Å². The van der Waals surface area contributed by atoms with Gasteiger partial charge in [0.15, 0.2) is 0 Å². The Kier molecular flexibility index (Phi) is 11.8. The van der Waals surface area contributed by atoms with Crippen LogP contribution in [-0.2, 0) is 40.7 Å². The first-order valence-corrected chi connectivity index (χ1v) is 2.88. The van der Waals surface area contributed by atoms with Crippen LogP contribution in [0.15, 0.2) is 0 Å². The molecule has 0 aromatic rings. The fourth-order valence-corrected chi connectivity index (χ4v) is 0. The Hall–Kier alpha value is 1.11. The summed E-state index contributed by atoms with van der Waals surface area (Å²) in [6.07, 6.45) is 0. The molecule has 7 heteroatoms. The topological polar surface area (TPSA) is 74.6 Å². The second-order valence-electron chi connectivity index (χ2n) is 0.448. The molecule has 0 heterocycles. The monoisotopic (exact) mass is 216 g/mol. The van der Waals surface area contributed by atoms with E-state index in [2.05, 4.69) is 0 Å². The molecule has 0 saturated heterocycles. The fraction of sp³-hybridized carbons (Fsp3) is 0. The summed E-state index contributed by atoms with van der Waals surface area (Å²) < 4.78 is 31.9. The zero-order valence-corrected chi connectivity index (χ0v) is 9.19. The van der Waals surface area contributed by atoms with Crippen LogP contribution in [-0.4, -0.2) is 8.32 Å². The Morgan fingerprint density at radius 3 is 1.14 bits per heavy atom. The maximum Gasteiger partial charge on any atom is 0 e. The van der Waals surface area contributed by atoms with Gasteiger partial charge >= 0.3 is 29.5 Å². The molecule has 0 aromatic carbocycles. The minimum atomic E-state index is -5.25. The molecule has 1 unspecified atom stereocenters. The zero-order chi connectivity index (χ0) is 4.50. The second kappa shape index (κ2) is 5.25. The van der Waals surface area contributed by atoms with Crippen molar-refractivity contribution in [2.75, 3.05) is 0 Å². The van der Waals surface area contributed by atoms with E-state index in [0.717, 1.165) is 0 Å². The third kappa shape index (κ3) is 151. The first-order valence-electron chi connectivity index (χ1n) is 0.698. The molecule has 0 aliphatic heterocycles. The van der Waals surface area contributed by atoms with E-state index in [0.29, 0.717) is 0 Å². The Morgan fingerprint density at radius 2 is 1.14 bits per heavy atom. The molecule has 1 atom stereocenters. The SMILES string of the molecule is P.[O]=[Cr](=[O])([OH])[OH].[Zn]. The normalized spacial score (nSPS) is 8.29. The van der Waals surface area contributed by atoms with Crippen molar-refractivity contribution in [3.8, 4) is 0 Å². The van der Waals surface area contributed by atoms with Gasteiger partial charge < -0.3 is 0 Å². The molecular weight excluding hydrogens is 212 g/mol. The van der Waals surface area contributed by atoms with Crippen molar-refractivity contribution in [3.63, 3.8) is 0 Å². The van der Waals surface area contributed by atoms with Crippen LogP contribution in [0.3, 0.4) is 0 Å². The zero-order valence-electron chi connectivity index (χ0n) is 3.53. The summed E-state index contributed by atoms with van der Waals surface area (Å²) in [5.74, 6) is 0. The Labute approximate surface area is 59.1 Å². The summed E-state index contributed by atoms with van der Waals surface area (Å²) >= 11 is -5.25. The maximum absolute atomic E-state index is 8.82. The third-order valence-electron chi connectivity index (χ3n) is 0. The number of hydrogen-bond acceptors (Lipinski definition) is 2. The van der Waals surface area contributed by atoms with Crippen LogP contribution in [0.25, 0.3) is 0 Å². The largest absolute Gasteiger partial charge is 0 e. The van der Waals surface area contributed by atoms with Crippen molar-refractivity contribution < 1.29 is 49.0 Å². The average molecular weight is 217 g/mol. The molecule has 0 radical (unpaired) electrons. The van der Waals surface area contributed by atoms with Gasteiger partial charge in [-0.15, -0.1) is 0 Å². The van der Waals surface area contributed by atoms with Crippen LogP contribution in [0.4, 0.5) is 0 Å². The van der Waals surface area contributed by atoms with Crippen molar-refractivity contribution in [2.45, 2.75) is 0 Å². The van der Waals surface area contributed by atoms with Crippen molar-refractivity contribution >= 4 is 9.90 Å². The van der Waals surface area contributed by atoms with E-state index in [4.69, 9.17) is 15.9 Å². The molecular formula is H5CrO4PZn. The quantitative estimate of drug-likeness (QED) is 0.391. The van der Waals surface area contributed by atoms with Gasteiger partial charge in [-0.1, -0.05) is 0 Å². The van der Waals surface area contributed by atoms with Crippen molar-refractivity contribution in [1.29, 1.82) is 0 Å². The molecule has 0 rings (SSSR count). The molecule has 0 bridgehead atoms. The van der Waals surface area contributed by atoms with Crippen LogP contribution in [0, 0.1) is 0 Å². The predicted octanol–water partition coefficient (Wildman–Crippen LogP) is -1.30. The van der Waals surface area contributed by atoms with Gasteiger partial charge in [-0.25, -0.2) is 0 Å². The van der Waals surface area contributed by atoms with Crippen LogP contribution in [0.5, 0.6) is 0 Å². The molecule has 0 spiro atoms. The minimum absolute atomic E-state index is 0. The maximum atomic E-state index is 8.82. The molecule has 4 nitrogen and oxygen atoms in total. The van der Waals surface area contributed by atoms with Crippen LogP contribution in [0.1, 0.15) is 0 Å². The smallest absolute Gasteiger partial charge is 0 e. The van der Waals surface area contributed by atoms with Gasteiger partial charge in [0.1, 0.15) is 0 Å². The predicted molar refractivity (Wildman–Crippen MR) is 16.9 cm³/mol. The summed E-state index contributed by atoms with van der Waals surface area (Å²) in [7, 11) is 0. The minimum Gasteiger partial charge on any atom is 0 e. The first kappa shape index (κ1) is 15.7. The molecule has 2 N–H and O–H groups in total. The Balaban J connectivity index is -0.0000000800. The average Bonchev–Trinajstić information content (AvgIpc) is 0.722. The number of hydrogen-bond donors (Lipinski definition) is 2. The molecule has 42 valence electrons. The first-order chi connectivity index (χ1) is 2.00. The van der Waals surface area contributed by atoms with Gasteiger partial charge in [0.25, 0.3) is 0 Å². The second-order valence-corrected chi connectivity index (χ2v) is 1.85. The van der Waals surface area contributed by atoms with E-state index >= 15 is 0 Å². The molecule has 0 aliphatic carbocycles. The molecule has 7 heavy (non-hydrogen) atoms. The van der Waals surface area contributed by atoms with Gasteiger partial charge in [0.05, 0.1) is 0 Å². The summed E-state index contributed by atoms with van der Waals surface area (Å²) in [4.78, 5) is 0. The van der Waals surface area contributed by atoms with Crippen molar-refractivity contribution in [3.05, 3.63) is 0 Å². The molecule has 0 aromatic heterocycles. The molecule has 0 fully saturated rings. The molecule has 0 saturated carbocycles. The van der Waals surface area contributed by atoms with Gasteiger partial charge in [0, 0.05) is 19.5 Å². The van der Waals surface area contributed by atoms with Crippen molar-refractivity contribution in [1.82, 2.24) is 0 Å². The van der Waals surface area contributed by atoms with E-state index in [1.165, 1.54) is 0 Å². The fourth-order valence-electron chi connectivity index (χ4n) is 0. The molecule has 0 amide bonds. The summed E-state index contributed by atoms with van der Waals surface area (Å²) in [6.45, 7) is 0. The van der Waals surface area contributed by atoms with E-state index in [1.54, 1.807) is 0 Å². The Morgan fingerprint density at radius 1 is 1.14 bits per heavy atom. The van der Waals surface area contributed by atoms with Crippen LogP contribution >= 0.6 is 9.90 Å². The third-order valence-corrected chi connectivity index (χ3v) is 0. The molecule has 0 aliphatic rings. The van der Waals surface area contributed by atoms with Crippen LogP contribution < -0.4 is 0 Å². The van der Waals surface area contributed by atoms with E-state index < -0.39 is 13.6 Å².